The van der Waals surface area contributed by atoms with E-state index >= 15 is 0 Å². The molecule has 19 heavy (non-hydrogen) atoms. The second kappa shape index (κ2) is 5.97. The van der Waals surface area contributed by atoms with Gasteiger partial charge in [-0.2, -0.15) is 0 Å². The summed E-state index contributed by atoms with van der Waals surface area (Å²) >= 11 is 6.09. The molecule has 0 unspecified atom stereocenters. The molecular formula is C14H14ClFN2O. The molecule has 0 saturated heterocycles. The van der Waals surface area contributed by atoms with Crippen LogP contribution in [0.25, 0.3) is 11.3 Å². The van der Waals surface area contributed by atoms with E-state index in [1.54, 1.807) is 12.1 Å². The van der Waals surface area contributed by atoms with Crippen LogP contribution in [0.4, 0.5) is 4.39 Å². The Bertz CT molecular complexity index is 590. The Kier molecular flexibility index (Phi) is 4.32. The van der Waals surface area contributed by atoms with E-state index in [2.05, 4.69) is 9.97 Å². The van der Waals surface area contributed by atoms with Gasteiger partial charge in [0, 0.05) is 11.1 Å². The molecule has 0 aliphatic carbocycles. The highest BCUT2D eigenvalue weighted by Gasteiger charge is 2.13. The van der Waals surface area contributed by atoms with Crippen molar-refractivity contribution in [3.63, 3.8) is 0 Å². The molecule has 0 fully saturated rings. The second-order valence-corrected chi connectivity index (χ2v) is 4.45. The molecule has 3 nitrogen and oxygen atoms in total. The molecule has 0 aliphatic heterocycles. The normalized spacial score (nSPS) is 10.5. The highest BCUT2D eigenvalue weighted by molar-refractivity contribution is 6.30. The topological polar surface area (TPSA) is 35.0 Å². The number of rotatable bonds is 4. The van der Waals surface area contributed by atoms with Crippen molar-refractivity contribution >= 4 is 11.6 Å². The number of methoxy groups -OCH3 is 1. The molecule has 0 atom stereocenters. The molecule has 0 N–H and O–H groups in total. The van der Waals surface area contributed by atoms with Gasteiger partial charge in [0.15, 0.2) is 11.6 Å². The van der Waals surface area contributed by atoms with Gasteiger partial charge in [0.25, 0.3) is 0 Å². The molecule has 0 radical (unpaired) electrons. The summed E-state index contributed by atoms with van der Waals surface area (Å²) in [7, 11) is 1.43. The molecule has 0 spiro atoms. The van der Waals surface area contributed by atoms with Crippen molar-refractivity contribution < 1.29 is 9.13 Å². The number of halogens is 2. The Hall–Kier alpha value is -1.68. The van der Waals surface area contributed by atoms with Crippen molar-refractivity contribution in [3.8, 4) is 17.0 Å². The molecule has 0 bridgehead atoms. The number of hydrogen-bond donors (Lipinski definition) is 0. The summed E-state index contributed by atoms with van der Waals surface area (Å²) in [5.74, 6) is -0.210. The summed E-state index contributed by atoms with van der Waals surface area (Å²) in [4.78, 5) is 8.20. The largest absolute Gasteiger partial charge is 0.494 e. The van der Waals surface area contributed by atoms with E-state index in [0.29, 0.717) is 16.4 Å². The monoisotopic (exact) mass is 280 g/mol. The fourth-order valence-corrected chi connectivity index (χ4v) is 2.15. The molecule has 2 aromatic rings. The number of aromatic nitrogens is 2. The molecule has 1 aromatic carbocycles. The van der Waals surface area contributed by atoms with Crippen LogP contribution >= 0.6 is 11.6 Å². The van der Waals surface area contributed by atoms with Crippen LogP contribution in [-0.4, -0.2) is 17.1 Å². The molecule has 2 rings (SSSR count). The first-order valence-electron chi connectivity index (χ1n) is 6.00. The lowest BCUT2D eigenvalue weighted by Gasteiger charge is -2.10. The van der Waals surface area contributed by atoms with Gasteiger partial charge in [0.2, 0.25) is 0 Å². The van der Waals surface area contributed by atoms with Gasteiger partial charge in [0.05, 0.1) is 12.8 Å². The van der Waals surface area contributed by atoms with E-state index < -0.39 is 5.82 Å². The molecule has 100 valence electrons. The lowest BCUT2D eigenvalue weighted by molar-refractivity contribution is 0.386. The van der Waals surface area contributed by atoms with Crippen molar-refractivity contribution in [2.75, 3.05) is 7.11 Å². The van der Waals surface area contributed by atoms with Crippen molar-refractivity contribution in [3.05, 3.63) is 41.1 Å². The zero-order chi connectivity index (χ0) is 13.8. The first-order chi connectivity index (χ1) is 9.17. The Morgan fingerprint density at radius 1 is 1.32 bits per heavy atom. The predicted molar refractivity (Wildman–Crippen MR) is 73.0 cm³/mol. The summed E-state index contributed by atoms with van der Waals surface area (Å²) < 4.78 is 18.7. The third-order valence-electron chi connectivity index (χ3n) is 2.82. The zero-order valence-corrected chi connectivity index (χ0v) is 11.5. The third kappa shape index (κ3) is 2.84. The van der Waals surface area contributed by atoms with Gasteiger partial charge in [-0.15, -0.1) is 0 Å². The minimum Gasteiger partial charge on any atom is -0.494 e. The zero-order valence-electron chi connectivity index (χ0n) is 10.8. The quantitative estimate of drug-likeness (QED) is 0.797. The van der Waals surface area contributed by atoms with E-state index in [9.17, 15) is 4.39 Å². The number of hydrogen-bond acceptors (Lipinski definition) is 3. The van der Waals surface area contributed by atoms with Gasteiger partial charge in [-0.3, -0.25) is 0 Å². The van der Waals surface area contributed by atoms with Gasteiger partial charge in [0.1, 0.15) is 11.5 Å². The molecule has 1 heterocycles. The maximum Gasteiger partial charge on any atom is 0.165 e. The molecule has 5 heteroatoms. The lowest BCUT2D eigenvalue weighted by Crippen LogP contribution is -1.97. The van der Waals surface area contributed by atoms with E-state index in [-0.39, 0.29) is 5.75 Å². The van der Waals surface area contributed by atoms with Gasteiger partial charge in [-0.05, 0) is 24.6 Å². The van der Waals surface area contributed by atoms with Crippen LogP contribution in [-0.2, 0) is 6.42 Å². The summed E-state index contributed by atoms with van der Waals surface area (Å²) in [6.07, 6.45) is 3.06. The van der Waals surface area contributed by atoms with Crippen LogP contribution in [0.2, 0.25) is 5.15 Å². The Balaban J connectivity index is 2.52. The van der Waals surface area contributed by atoms with Crippen LogP contribution in [0.3, 0.4) is 0 Å². The van der Waals surface area contributed by atoms with Crippen molar-refractivity contribution in [2.45, 2.75) is 19.8 Å². The SMILES string of the molecule is CCCc1c(Cl)ncnc1-c1ccc(OC)c(F)c1. The maximum atomic E-state index is 13.8. The average molecular weight is 281 g/mol. The standard InChI is InChI=1S/C14H14ClFN2O/c1-3-4-10-13(17-8-18-14(10)15)9-5-6-12(19-2)11(16)7-9/h5-8H,3-4H2,1-2H3. The van der Waals surface area contributed by atoms with Gasteiger partial charge < -0.3 is 4.74 Å². The highest BCUT2D eigenvalue weighted by Crippen LogP contribution is 2.29. The number of benzene rings is 1. The molecular weight excluding hydrogens is 267 g/mol. The summed E-state index contributed by atoms with van der Waals surface area (Å²) in [5, 5.41) is 0.420. The minimum atomic E-state index is -0.419. The fraction of sp³-hybridized carbons (Fsp3) is 0.286. The maximum absolute atomic E-state index is 13.8. The third-order valence-corrected chi connectivity index (χ3v) is 3.14. The van der Waals surface area contributed by atoms with Gasteiger partial charge >= 0.3 is 0 Å². The van der Waals surface area contributed by atoms with Gasteiger partial charge in [-0.1, -0.05) is 24.9 Å². The van der Waals surface area contributed by atoms with Crippen molar-refractivity contribution in [2.24, 2.45) is 0 Å². The van der Waals surface area contributed by atoms with Crippen molar-refractivity contribution in [1.82, 2.24) is 9.97 Å². The average Bonchev–Trinajstić information content (AvgIpc) is 2.41. The molecule has 0 saturated carbocycles. The summed E-state index contributed by atoms with van der Waals surface area (Å²) in [6, 6.07) is 4.74. The van der Waals surface area contributed by atoms with Crippen molar-refractivity contribution in [1.29, 1.82) is 0 Å². The first kappa shape index (κ1) is 13.7. The van der Waals surface area contributed by atoms with E-state index in [1.807, 2.05) is 6.92 Å². The Labute approximate surface area is 116 Å². The Morgan fingerprint density at radius 3 is 2.74 bits per heavy atom. The van der Waals surface area contributed by atoms with E-state index in [1.165, 1.54) is 19.5 Å². The lowest BCUT2D eigenvalue weighted by atomic mass is 10.0. The molecule has 0 amide bonds. The van der Waals surface area contributed by atoms with Crippen LogP contribution in [0.1, 0.15) is 18.9 Å². The highest BCUT2D eigenvalue weighted by atomic mass is 35.5. The second-order valence-electron chi connectivity index (χ2n) is 4.09. The van der Waals surface area contributed by atoms with Crippen LogP contribution in [0, 0.1) is 5.82 Å². The minimum absolute atomic E-state index is 0.209. The Morgan fingerprint density at radius 2 is 2.11 bits per heavy atom. The van der Waals surface area contributed by atoms with Crippen LogP contribution in [0.15, 0.2) is 24.5 Å². The van der Waals surface area contributed by atoms with Crippen LogP contribution < -0.4 is 4.74 Å². The summed E-state index contributed by atoms with van der Waals surface area (Å²) in [6.45, 7) is 2.04. The van der Waals surface area contributed by atoms with E-state index in [4.69, 9.17) is 16.3 Å². The molecule has 1 aromatic heterocycles. The van der Waals surface area contributed by atoms with Crippen LogP contribution in [0.5, 0.6) is 5.75 Å². The molecule has 0 aliphatic rings. The smallest absolute Gasteiger partial charge is 0.165 e. The first-order valence-corrected chi connectivity index (χ1v) is 6.38. The number of nitrogens with zero attached hydrogens (tertiary/aromatic N) is 2. The van der Waals surface area contributed by atoms with Gasteiger partial charge in [-0.25, -0.2) is 14.4 Å². The number of ether oxygens (including phenoxy) is 1. The fourth-order valence-electron chi connectivity index (χ4n) is 1.92. The predicted octanol–water partition coefficient (Wildman–Crippen LogP) is 3.90. The van der Waals surface area contributed by atoms with E-state index in [0.717, 1.165) is 18.4 Å². The summed E-state index contributed by atoms with van der Waals surface area (Å²) in [5.41, 5.74) is 2.19.